The van der Waals surface area contributed by atoms with Crippen molar-refractivity contribution >= 4 is 17.8 Å². The third kappa shape index (κ3) is 7.74. The van der Waals surface area contributed by atoms with Gasteiger partial charge in [0.25, 0.3) is 5.91 Å². The molecular formula is C16H31N3O5. The van der Waals surface area contributed by atoms with Gasteiger partial charge in [0.2, 0.25) is 5.91 Å². The molecular weight excluding hydrogens is 314 g/mol. The van der Waals surface area contributed by atoms with E-state index in [0.29, 0.717) is 6.42 Å². The van der Waals surface area contributed by atoms with Crippen molar-refractivity contribution in [1.82, 2.24) is 15.7 Å². The standard InChI is InChI=1S/C16H31N3O5/c1-6-7-8-9-11(13(21)17-5)12(20)14(22)19(24)15(23)18-10-16(2,3)4/h11-12,20,24H,6-10H2,1-5H3,(H,17,21)(H,18,23)/t11-,12+/m1/s1. The lowest BCUT2D eigenvalue weighted by Crippen LogP contribution is -2.51. The number of hydrogen-bond donors (Lipinski definition) is 4. The van der Waals surface area contributed by atoms with Crippen LogP contribution < -0.4 is 10.6 Å². The molecule has 0 aliphatic heterocycles. The molecule has 0 radical (unpaired) electrons. The second-order valence-corrected chi connectivity index (χ2v) is 7.03. The van der Waals surface area contributed by atoms with Crippen molar-refractivity contribution in [3.63, 3.8) is 0 Å². The van der Waals surface area contributed by atoms with Crippen LogP contribution in [-0.4, -0.2) is 52.9 Å². The van der Waals surface area contributed by atoms with Crippen LogP contribution in [0, 0.1) is 11.3 Å². The van der Waals surface area contributed by atoms with Gasteiger partial charge in [-0.2, -0.15) is 0 Å². The Morgan fingerprint density at radius 2 is 1.75 bits per heavy atom. The molecule has 24 heavy (non-hydrogen) atoms. The van der Waals surface area contributed by atoms with Crippen molar-refractivity contribution in [2.75, 3.05) is 13.6 Å². The summed E-state index contributed by atoms with van der Waals surface area (Å²) in [5.74, 6) is -2.74. The fraction of sp³-hybridized carbons (Fsp3) is 0.812. The fourth-order valence-corrected chi connectivity index (χ4v) is 2.05. The lowest BCUT2D eigenvalue weighted by atomic mass is 9.93. The number of carbonyl (C=O) groups is 3. The summed E-state index contributed by atoms with van der Waals surface area (Å²) in [7, 11) is 1.40. The minimum atomic E-state index is -1.79. The predicted octanol–water partition coefficient (Wildman–Crippen LogP) is 1.26. The molecule has 0 aliphatic carbocycles. The molecule has 4 amide bonds. The summed E-state index contributed by atoms with van der Waals surface area (Å²) in [4.78, 5) is 35.8. The summed E-state index contributed by atoms with van der Waals surface area (Å²) in [5, 5.41) is 24.5. The summed E-state index contributed by atoms with van der Waals surface area (Å²) in [6.07, 6.45) is 0.931. The number of urea groups is 1. The first-order valence-electron chi connectivity index (χ1n) is 8.25. The number of aliphatic hydroxyl groups excluding tert-OH is 1. The number of amides is 4. The lowest BCUT2D eigenvalue weighted by Gasteiger charge is -2.25. The molecule has 0 heterocycles. The minimum absolute atomic E-state index is 0.161. The van der Waals surface area contributed by atoms with E-state index in [-0.39, 0.29) is 23.4 Å². The highest BCUT2D eigenvalue weighted by Gasteiger charge is 2.36. The number of unbranched alkanes of at least 4 members (excludes halogenated alkanes) is 2. The van der Waals surface area contributed by atoms with E-state index in [1.165, 1.54) is 7.05 Å². The maximum atomic E-state index is 12.1. The molecule has 0 bridgehead atoms. The number of hydrogen-bond acceptors (Lipinski definition) is 5. The molecule has 0 aromatic rings. The van der Waals surface area contributed by atoms with Gasteiger partial charge in [-0.25, -0.2) is 4.79 Å². The van der Waals surface area contributed by atoms with Gasteiger partial charge in [0.1, 0.15) is 6.10 Å². The topological polar surface area (TPSA) is 119 Å². The number of hydroxylamine groups is 2. The Labute approximate surface area is 143 Å². The van der Waals surface area contributed by atoms with Crippen molar-refractivity contribution in [3.05, 3.63) is 0 Å². The van der Waals surface area contributed by atoms with E-state index in [2.05, 4.69) is 10.6 Å². The van der Waals surface area contributed by atoms with Crippen LogP contribution in [0.1, 0.15) is 53.4 Å². The van der Waals surface area contributed by atoms with Crippen LogP contribution in [0.2, 0.25) is 0 Å². The van der Waals surface area contributed by atoms with Crippen LogP contribution in [0.25, 0.3) is 0 Å². The lowest BCUT2D eigenvalue weighted by molar-refractivity contribution is -0.167. The molecule has 0 saturated carbocycles. The number of aliphatic hydroxyl groups is 1. The molecule has 8 heteroatoms. The van der Waals surface area contributed by atoms with Crippen molar-refractivity contribution < 1.29 is 24.7 Å². The molecule has 0 spiro atoms. The van der Waals surface area contributed by atoms with Crippen LogP contribution in [-0.2, 0) is 9.59 Å². The summed E-state index contributed by atoms with van der Waals surface area (Å²) >= 11 is 0. The van der Waals surface area contributed by atoms with E-state index < -0.39 is 29.9 Å². The van der Waals surface area contributed by atoms with E-state index in [1.54, 1.807) is 0 Å². The SMILES string of the molecule is CCCCC[C@@H](C(=O)NC)[C@H](O)C(=O)N(O)C(=O)NCC(C)(C)C. The second kappa shape index (κ2) is 10.2. The maximum Gasteiger partial charge on any atom is 0.348 e. The molecule has 140 valence electrons. The second-order valence-electron chi connectivity index (χ2n) is 7.03. The Morgan fingerprint density at radius 3 is 2.21 bits per heavy atom. The third-order valence-corrected chi connectivity index (χ3v) is 3.51. The molecule has 0 aliphatic rings. The normalized spacial score (nSPS) is 13.8. The van der Waals surface area contributed by atoms with Gasteiger partial charge in [-0.3, -0.25) is 14.8 Å². The van der Waals surface area contributed by atoms with E-state index in [1.807, 2.05) is 27.7 Å². The Hall–Kier alpha value is -1.67. The van der Waals surface area contributed by atoms with Crippen LogP contribution in [0.3, 0.4) is 0 Å². The molecule has 0 aromatic carbocycles. The van der Waals surface area contributed by atoms with Gasteiger partial charge in [-0.05, 0) is 11.8 Å². The van der Waals surface area contributed by atoms with Crippen LogP contribution >= 0.6 is 0 Å². The highest BCUT2D eigenvalue weighted by Crippen LogP contribution is 2.17. The number of rotatable bonds is 8. The highest BCUT2D eigenvalue weighted by molar-refractivity contribution is 5.97. The first kappa shape index (κ1) is 22.3. The smallest absolute Gasteiger partial charge is 0.348 e. The Bertz CT molecular complexity index is 434. The van der Waals surface area contributed by atoms with E-state index in [0.717, 1.165) is 12.8 Å². The zero-order valence-corrected chi connectivity index (χ0v) is 15.3. The number of nitrogens with one attached hydrogen (secondary N) is 2. The van der Waals surface area contributed by atoms with Crippen LogP contribution in [0.15, 0.2) is 0 Å². The predicted molar refractivity (Wildman–Crippen MR) is 89.2 cm³/mol. The first-order valence-corrected chi connectivity index (χ1v) is 8.25. The van der Waals surface area contributed by atoms with E-state index >= 15 is 0 Å². The average Bonchev–Trinajstić information content (AvgIpc) is 2.53. The molecule has 4 N–H and O–H groups in total. The van der Waals surface area contributed by atoms with Gasteiger partial charge in [-0.15, -0.1) is 5.06 Å². The molecule has 0 aromatic heterocycles. The quantitative estimate of drug-likeness (QED) is 0.300. The van der Waals surface area contributed by atoms with Crippen LogP contribution in [0.4, 0.5) is 4.79 Å². The molecule has 0 rings (SSSR count). The van der Waals surface area contributed by atoms with Crippen molar-refractivity contribution in [3.8, 4) is 0 Å². The highest BCUT2D eigenvalue weighted by atomic mass is 16.5. The molecule has 0 unspecified atom stereocenters. The van der Waals surface area contributed by atoms with Gasteiger partial charge >= 0.3 is 6.03 Å². The summed E-state index contributed by atoms with van der Waals surface area (Å²) in [5.41, 5.74) is -0.233. The largest absolute Gasteiger partial charge is 0.382 e. The van der Waals surface area contributed by atoms with Crippen molar-refractivity contribution in [2.24, 2.45) is 11.3 Å². The summed E-state index contributed by atoms with van der Waals surface area (Å²) in [6, 6.07) is -1.03. The van der Waals surface area contributed by atoms with E-state index in [4.69, 9.17) is 0 Å². The summed E-state index contributed by atoms with van der Waals surface area (Å²) in [6.45, 7) is 7.86. The maximum absolute atomic E-state index is 12.1. The van der Waals surface area contributed by atoms with Gasteiger partial charge in [0.05, 0.1) is 5.92 Å². The fourth-order valence-electron chi connectivity index (χ4n) is 2.05. The van der Waals surface area contributed by atoms with E-state index in [9.17, 15) is 24.7 Å². The minimum Gasteiger partial charge on any atom is -0.382 e. The zero-order chi connectivity index (χ0) is 18.9. The van der Waals surface area contributed by atoms with Gasteiger partial charge < -0.3 is 15.7 Å². The first-order chi connectivity index (χ1) is 11.0. The van der Waals surface area contributed by atoms with Gasteiger partial charge in [-0.1, -0.05) is 47.0 Å². The van der Waals surface area contributed by atoms with Crippen molar-refractivity contribution in [1.29, 1.82) is 0 Å². The zero-order valence-electron chi connectivity index (χ0n) is 15.3. The Kier molecular flexibility index (Phi) is 9.53. The average molecular weight is 345 g/mol. The molecule has 0 saturated heterocycles. The number of nitrogens with zero attached hydrogens (tertiary/aromatic N) is 1. The summed E-state index contributed by atoms with van der Waals surface area (Å²) < 4.78 is 0. The Morgan fingerprint density at radius 1 is 1.17 bits per heavy atom. The van der Waals surface area contributed by atoms with Gasteiger partial charge in [0.15, 0.2) is 0 Å². The number of imide groups is 1. The van der Waals surface area contributed by atoms with Gasteiger partial charge in [0, 0.05) is 13.6 Å². The Balaban J connectivity index is 4.87. The monoisotopic (exact) mass is 345 g/mol. The molecule has 2 atom stereocenters. The number of carbonyl (C=O) groups excluding carboxylic acids is 3. The molecule has 8 nitrogen and oxygen atoms in total. The van der Waals surface area contributed by atoms with Crippen molar-refractivity contribution in [2.45, 2.75) is 59.5 Å². The molecule has 0 fully saturated rings. The third-order valence-electron chi connectivity index (χ3n) is 3.51. The van der Waals surface area contributed by atoms with Crippen LogP contribution in [0.5, 0.6) is 0 Å².